The molecular weight excluding hydrogens is 248 g/mol. The van der Waals surface area contributed by atoms with Crippen LogP contribution in [-0.4, -0.2) is 8.32 Å². The maximum Gasteiger partial charge on any atom is 0.250 e. The molecule has 0 amide bonds. The van der Waals surface area contributed by atoms with E-state index in [4.69, 9.17) is 4.43 Å². The second-order valence-corrected chi connectivity index (χ2v) is 10.3. The van der Waals surface area contributed by atoms with Crippen molar-refractivity contribution in [2.24, 2.45) is 0 Å². The molecule has 0 spiro atoms. The predicted octanol–water partition coefficient (Wildman–Crippen LogP) is 5.47. The quantitative estimate of drug-likeness (QED) is 0.625. The number of hydrogen-bond donors (Lipinski definition) is 0. The minimum Gasteiger partial charge on any atom is -0.547 e. The van der Waals surface area contributed by atoms with Gasteiger partial charge in [-0.3, -0.25) is 0 Å². The third-order valence-electron chi connectivity index (χ3n) is 4.63. The molecule has 0 aromatic heterocycles. The van der Waals surface area contributed by atoms with E-state index >= 15 is 0 Å². The van der Waals surface area contributed by atoms with Crippen LogP contribution in [0.3, 0.4) is 0 Å². The Balaban J connectivity index is 1.98. The Morgan fingerprint density at radius 3 is 2.26 bits per heavy atom. The van der Waals surface area contributed by atoms with Crippen molar-refractivity contribution in [3.63, 3.8) is 0 Å². The smallest absolute Gasteiger partial charge is 0.250 e. The number of allylic oxidation sites excluding steroid dienone is 2. The Hall–Kier alpha value is -1.02. The van der Waals surface area contributed by atoms with Crippen molar-refractivity contribution in [2.45, 2.75) is 57.7 Å². The molecule has 1 unspecified atom stereocenters. The van der Waals surface area contributed by atoms with Gasteiger partial charge in [0, 0.05) is 6.42 Å². The summed E-state index contributed by atoms with van der Waals surface area (Å²) in [7, 11) is -1.48. The lowest BCUT2D eigenvalue weighted by Crippen LogP contribution is -2.35. The van der Waals surface area contributed by atoms with Crippen LogP contribution in [0.1, 0.15) is 45.1 Å². The maximum atomic E-state index is 6.50. The molecule has 0 saturated heterocycles. The zero-order valence-electron chi connectivity index (χ0n) is 12.5. The van der Waals surface area contributed by atoms with Crippen LogP contribution in [-0.2, 0) is 4.43 Å². The third kappa shape index (κ3) is 3.30. The van der Waals surface area contributed by atoms with Crippen molar-refractivity contribution in [1.82, 2.24) is 0 Å². The number of benzene rings is 1. The fraction of sp³-hybridized carbons (Fsp3) is 0.529. The summed E-state index contributed by atoms with van der Waals surface area (Å²) in [5, 5.41) is 0. The van der Waals surface area contributed by atoms with E-state index in [1.165, 1.54) is 29.5 Å². The van der Waals surface area contributed by atoms with Crippen molar-refractivity contribution in [3.05, 3.63) is 47.7 Å². The van der Waals surface area contributed by atoms with Gasteiger partial charge < -0.3 is 4.43 Å². The average Bonchev–Trinajstić information content (AvgIpc) is 2.94. The highest BCUT2D eigenvalue weighted by molar-refractivity contribution is 6.73. The molecule has 0 fully saturated rings. The molecule has 0 radical (unpaired) electrons. The Morgan fingerprint density at radius 2 is 1.68 bits per heavy atom. The van der Waals surface area contributed by atoms with Crippen molar-refractivity contribution in [2.75, 3.05) is 0 Å². The summed E-state index contributed by atoms with van der Waals surface area (Å²) in [6.45, 7) is 6.89. The van der Waals surface area contributed by atoms with Gasteiger partial charge in [0.25, 0.3) is 0 Å². The standard InChI is InChI=1S/C17H26OSi/c1-4-19(5-2,6-3)18-17-13-12-16(14-17)15-10-8-7-9-11-15/h7-11,13,16H,4-6,12,14H2,1-3H3. The molecule has 2 rings (SSSR count). The van der Waals surface area contributed by atoms with E-state index in [2.05, 4.69) is 57.2 Å². The van der Waals surface area contributed by atoms with E-state index < -0.39 is 8.32 Å². The molecule has 104 valence electrons. The van der Waals surface area contributed by atoms with Gasteiger partial charge in [-0.25, -0.2) is 0 Å². The van der Waals surface area contributed by atoms with Crippen LogP contribution < -0.4 is 0 Å². The van der Waals surface area contributed by atoms with Crippen molar-refractivity contribution in [3.8, 4) is 0 Å². The summed E-state index contributed by atoms with van der Waals surface area (Å²) in [4.78, 5) is 0. The molecule has 0 aliphatic heterocycles. The van der Waals surface area contributed by atoms with Crippen molar-refractivity contribution < 1.29 is 4.43 Å². The molecular formula is C17H26OSi. The van der Waals surface area contributed by atoms with Gasteiger partial charge in [0.15, 0.2) is 0 Å². The summed E-state index contributed by atoms with van der Waals surface area (Å²) in [6, 6.07) is 14.5. The summed E-state index contributed by atoms with van der Waals surface area (Å²) in [5.41, 5.74) is 1.45. The van der Waals surface area contributed by atoms with E-state index in [-0.39, 0.29) is 0 Å². The van der Waals surface area contributed by atoms with Gasteiger partial charge in [-0.05, 0) is 42.1 Å². The highest BCUT2D eigenvalue weighted by Gasteiger charge is 2.33. The van der Waals surface area contributed by atoms with Gasteiger partial charge in [-0.1, -0.05) is 51.1 Å². The molecule has 1 aromatic rings. The zero-order chi connectivity index (χ0) is 13.7. The lowest BCUT2D eigenvalue weighted by atomic mass is 9.97. The first-order valence-electron chi connectivity index (χ1n) is 7.66. The predicted molar refractivity (Wildman–Crippen MR) is 84.8 cm³/mol. The van der Waals surface area contributed by atoms with Crippen LogP contribution in [0.2, 0.25) is 18.1 Å². The van der Waals surface area contributed by atoms with Gasteiger partial charge >= 0.3 is 0 Å². The molecule has 1 aromatic carbocycles. The van der Waals surface area contributed by atoms with Crippen molar-refractivity contribution in [1.29, 1.82) is 0 Å². The normalized spacial score (nSPS) is 19.3. The molecule has 0 N–H and O–H groups in total. The molecule has 0 bridgehead atoms. The van der Waals surface area contributed by atoms with Crippen LogP contribution in [0.4, 0.5) is 0 Å². The second kappa shape index (κ2) is 6.42. The average molecular weight is 274 g/mol. The highest BCUT2D eigenvalue weighted by atomic mass is 28.4. The van der Waals surface area contributed by atoms with E-state index in [1.54, 1.807) is 0 Å². The summed E-state index contributed by atoms with van der Waals surface area (Å²) in [5.74, 6) is 1.90. The molecule has 0 heterocycles. The molecule has 1 nitrogen and oxygen atoms in total. The Morgan fingerprint density at radius 1 is 1.05 bits per heavy atom. The monoisotopic (exact) mass is 274 g/mol. The number of rotatable bonds is 6. The Labute approximate surface area is 118 Å². The molecule has 1 aliphatic carbocycles. The summed E-state index contributed by atoms with van der Waals surface area (Å²) in [6.07, 6.45) is 4.57. The number of hydrogen-bond acceptors (Lipinski definition) is 1. The van der Waals surface area contributed by atoms with Crippen LogP contribution in [0, 0.1) is 0 Å². The summed E-state index contributed by atoms with van der Waals surface area (Å²) < 4.78 is 6.50. The lowest BCUT2D eigenvalue weighted by molar-refractivity contribution is 0.386. The second-order valence-electron chi connectivity index (χ2n) is 5.56. The minimum absolute atomic E-state index is 0.633. The highest BCUT2D eigenvalue weighted by Crippen LogP contribution is 2.37. The fourth-order valence-electron chi connectivity index (χ4n) is 2.99. The van der Waals surface area contributed by atoms with E-state index in [0.717, 1.165) is 12.8 Å². The topological polar surface area (TPSA) is 9.23 Å². The molecule has 1 atom stereocenters. The van der Waals surface area contributed by atoms with Gasteiger partial charge in [0.05, 0.1) is 5.76 Å². The maximum absolute atomic E-state index is 6.50. The lowest BCUT2D eigenvalue weighted by Gasteiger charge is -2.30. The van der Waals surface area contributed by atoms with Crippen molar-refractivity contribution >= 4 is 8.32 Å². The van der Waals surface area contributed by atoms with Crippen LogP contribution in [0.5, 0.6) is 0 Å². The van der Waals surface area contributed by atoms with Gasteiger partial charge in [-0.15, -0.1) is 0 Å². The molecule has 1 aliphatic rings. The van der Waals surface area contributed by atoms with Crippen LogP contribution in [0.25, 0.3) is 0 Å². The van der Waals surface area contributed by atoms with E-state index in [9.17, 15) is 0 Å². The van der Waals surface area contributed by atoms with Gasteiger partial charge in [-0.2, -0.15) is 0 Å². The largest absolute Gasteiger partial charge is 0.547 e. The first kappa shape index (κ1) is 14.4. The first-order valence-corrected chi connectivity index (χ1v) is 10.2. The fourth-order valence-corrected chi connectivity index (χ4v) is 5.65. The SMILES string of the molecule is CC[Si](CC)(CC)OC1=CCC(c2ccccc2)C1. The Bertz CT molecular complexity index is 412. The first-order chi connectivity index (χ1) is 9.23. The van der Waals surface area contributed by atoms with E-state index in [1.807, 2.05) is 0 Å². The Kier molecular flexibility index (Phi) is 4.86. The molecule has 19 heavy (non-hydrogen) atoms. The third-order valence-corrected chi connectivity index (χ3v) is 9.19. The van der Waals surface area contributed by atoms with Gasteiger partial charge in [0.2, 0.25) is 8.32 Å². The van der Waals surface area contributed by atoms with E-state index in [0.29, 0.717) is 5.92 Å². The zero-order valence-corrected chi connectivity index (χ0v) is 13.5. The van der Waals surface area contributed by atoms with Crippen LogP contribution in [0.15, 0.2) is 42.2 Å². The summed E-state index contributed by atoms with van der Waals surface area (Å²) >= 11 is 0. The van der Waals surface area contributed by atoms with Crippen LogP contribution >= 0.6 is 0 Å². The van der Waals surface area contributed by atoms with Gasteiger partial charge in [0.1, 0.15) is 0 Å². The minimum atomic E-state index is -1.48. The molecule has 0 saturated carbocycles. The molecule has 2 heteroatoms.